The maximum Gasteiger partial charge on any atom is 0.150 e. The maximum absolute atomic E-state index is 10.9. The van der Waals surface area contributed by atoms with Crippen molar-refractivity contribution in [2.45, 2.75) is 0 Å². The van der Waals surface area contributed by atoms with Gasteiger partial charge in [0.25, 0.3) is 0 Å². The number of nitrogens with zero attached hydrogens (tertiary/aromatic N) is 2. The van der Waals surface area contributed by atoms with Crippen molar-refractivity contribution in [3.8, 4) is 11.3 Å². The van der Waals surface area contributed by atoms with E-state index in [1.165, 1.54) is 0 Å². The average Bonchev–Trinajstić information content (AvgIpc) is 2.76. The summed E-state index contributed by atoms with van der Waals surface area (Å²) < 4.78 is 1.84. The number of aromatic nitrogens is 2. The molecule has 0 bridgehead atoms. The number of fused-ring (bicyclic) bond motifs is 1. The molecule has 0 atom stereocenters. The summed E-state index contributed by atoms with van der Waals surface area (Å²) in [5.41, 5.74) is 3.68. The van der Waals surface area contributed by atoms with Gasteiger partial charge in [-0.15, -0.1) is 0 Å². The molecule has 0 aliphatic rings. The SMILES string of the molecule is Cn1nc(-c2ccccc2)c2cc(C=O)ccc21. The highest BCUT2D eigenvalue weighted by Crippen LogP contribution is 2.27. The van der Waals surface area contributed by atoms with Crippen molar-refractivity contribution in [3.05, 3.63) is 54.1 Å². The van der Waals surface area contributed by atoms with Crippen LogP contribution in [0.2, 0.25) is 0 Å². The van der Waals surface area contributed by atoms with Crippen LogP contribution in [0.5, 0.6) is 0 Å². The van der Waals surface area contributed by atoms with E-state index < -0.39 is 0 Å². The summed E-state index contributed by atoms with van der Waals surface area (Å²) in [6.07, 6.45) is 0.862. The Balaban J connectivity index is 2.32. The molecule has 0 aliphatic heterocycles. The van der Waals surface area contributed by atoms with E-state index in [1.807, 2.05) is 60.3 Å². The fraction of sp³-hybridized carbons (Fsp3) is 0.0667. The van der Waals surface area contributed by atoms with Crippen molar-refractivity contribution in [1.82, 2.24) is 9.78 Å². The normalized spacial score (nSPS) is 10.7. The molecule has 0 fully saturated rings. The van der Waals surface area contributed by atoms with Crippen LogP contribution in [0.25, 0.3) is 22.2 Å². The minimum absolute atomic E-state index is 0.674. The number of rotatable bonds is 2. The zero-order chi connectivity index (χ0) is 12.5. The highest BCUT2D eigenvalue weighted by atomic mass is 16.1. The smallest absolute Gasteiger partial charge is 0.150 e. The van der Waals surface area contributed by atoms with Crippen molar-refractivity contribution >= 4 is 17.2 Å². The third kappa shape index (κ3) is 1.61. The van der Waals surface area contributed by atoms with Crippen molar-refractivity contribution in [2.24, 2.45) is 7.05 Å². The van der Waals surface area contributed by atoms with Crippen LogP contribution in [0.1, 0.15) is 10.4 Å². The van der Waals surface area contributed by atoms with E-state index in [-0.39, 0.29) is 0 Å². The van der Waals surface area contributed by atoms with Gasteiger partial charge in [-0.1, -0.05) is 30.3 Å². The first-order chi connectivity index (χ1) is 8.79. The summed E-state index contributed by atoms with van der Waals surface area (Å²) in [4.78, 5) is 10.9. The van der Waals surface area contributed by atoms with E-state index in [0.29, 0.717) is 5.56 Å². The summed E-state index contributed by atoms with van der Waals surface area (Å²) in [6.45, 7) is 0. The lowest BCUT2D eigenvalue weighted by atomic mass is 10.1. The van der Waals surface area contributed by atoms with Gasteiger partial charge in [-0.25, -0.2) is 0 Å². The Morgan fingerprint density at radius 2 is 1.89 bits per heavy atom. The van der Waals surface area contributed by atoms with Crippen molar-refractivity contribution < 1.29 is 4.79 Å². The Morgan fingerprint density at radius 3 is 2.61 bits per heavy atom. The number of carbonyl (C=O) groups is 1. The second kappa shape index (κ2) is 4.11. The van der Waals surface area contributed by atoms with E-state index in [2.05, 4.69) is 5.10 Å². The number of aldehydes is 1. The number of aryl methyl sites for hydroxylation is 1. The molecular formula is C15H12N2O. The summed E-state index contributed by atoms with van der Waals surface area (Å²) >= 11 is 0. The van der Waals surface area contributed by atoms with Crippen LogP contribution < -0.4 is 0 Å². The van der Waals surface area contributed by atoms with Gasteiger partial charge in [0.2, 0.25) is 0 Å². The van der Waals surface area contributed by atoms with E-state index in [1.54, 1.807) is 0 Å². The first kappa shape index (κ1) is 10.7. The van der Waals surface area contributed by atoms with Crippen LogP contribution in [-0.4, -0.2) is 16.1 Å². The van der Waals surface area contributed by atoms with E-state index in [9.17, 15) is 4.79 Å². The topological polar surface area (TPSA) is 34.9 Å². The first-order valence-electron chi connectivity index (χ1n) is 5.77. The molecule has 0 spiro atoms. The molecular weight excluding hydrogens is 224 g/mol. The van der Waals surface area contributed by atoms with E-state index >= 15 is 0 Å². The Kier molecular flexibility index (Phi) is 2.45. The molecule has 3 heteroatoms. The monoisotopic (exact) mass is 236 g/mol. The molecule has 0 amide bonds. The lowest BCUT2D eigenvalue weighted by Crippen LogP contribution is -1.89. The third-order valence-electron chi connectivity index (χ3n) is 3.06. The van der Waals surface area contributed by atoms with Gasteiger partial charge < -0.3 is 0 Å². The third-order valence-corrected chi connectivity index (χ3v) is 3.06. The molecule has 88 valence electrons. The highest BCUT2D eigenvalue weighted by Gasteiger charge is 2.10. The Labute approximate surface area is 105 Å². The van der Waals surface area contributed by atoms with Crippen LogP contribution in [0.4, 0.5) is 0 Å². The fourth-order valence-corrected chi connectivity index (χ4v) is 2.17. The van der Waals surface area contributed by atoms with Gasteiger partial charge in [0.15, 0.2) is 0 Å². The molecule has 18 heavy (non-hydrogen) atoms. The molecule has 1 heterocycles. The van der Waals surface area contributed by atoms with E-state index in [0.717, 1.165) is 28.4 Å². The predicted octanol–water partition coefficient (Wildman–Crippen LogP) is 3.05. The minimum Gasteiger partial charge on any atom is -0.298 e. The highest BCUT2D eigenvalue weighted by molar-refractivity contribution is 5.96. The number of carbonyl (C=O) groups excluding carboxylic acids is 1. The zero-order valence-corrected chi connectivity index (χ0v) is 10.00. The van der Waals surface area contributed by atoms with Gasteiger partial charge in [-0.2, -0.15) is 5.10 Å². The zero-order valence-electron chi connectivity index (χ0n) is 10.00. The second-order valence-electron chi connectivity index (χ2n) is 4.23. The number of hydrogen-bond donors (Lipinski definition) is 0. The Morgan fingerprint density at radius 1 is 1.11 bits per heavy atom. The molecule has 3 aromatic rings. The van der Waals surface area contributed by atoms with Crippen molar-refractivity contribution in [3.63, 3.8) is 0 Å². The Bertz CT molecular complexity index is 714. The number of hydrogen-bond acceptors (Lipinski definition) is 2. The molecule has 0 unspecified atom stereocenters. The molecule has 0 radical (unpaired) electrons. The summed E-state index contributed by atoms with van der Waals surface area (Å²) in [6, 6.07) is 15.6. The fourth-order valence-electron chi connectivity index (χ4n) is 2.17. The lowest BCUT2D eigenvalue weighted by Gasteiger charge is -1.97. The maximum atomic E-state index is 10.9. The number of benzene rings is 2. The van der Waals surface area contributed by atoms with Crippen LogP contribution in [0, 0.1) is 0 Å². The molecule has 0 saturated heterocycles. The van der Waals surface area contributed by atoms with Gasteiger partial charge in [-0.05, 0) is 18.2 Å². The summed E-state index contributed by atoms with van der Waals surface area (Å²) in [7, 11) is 1.91. The van der Waals surface area contributed by atoms with Gasteiger partial charge in [0.1, 0.15) is 12.0 Å². The molecule has 2 aromatic carbocycles. The molecule has 3 rings (SSSR count). The first-order valence-corrected chi connectivity index (χ1v) is 5.77. The Hall–Kier alpha value is -2.42. The molecule has 0 N–H and O–H groups in total. The van der Waals surface area contributed by atoms with Crippen LogP contribution in [-0.2, 0) is 7.05 Å². The predicted molar refractivity (Wildman–Crippen MR) is 71.5 cm³/mol. The molecule has 1 aromatic heterocycles. The molecule has 0 saturated carbocycles. The molecule has 3 nitrogen and oxygen atoms in total. The van der Waals surface area contributed by atoms with Gasteiger partial charge in [0.05, 0.1) is 5.52 Å². The molecule has 0 aliphatic carbocycles. The standard InChI is InChI=1S/C15H12N2O/c1-17-14-8-7-11(10-18)9-13(14)15(16-17)12-5-3-2-4-6-12/h2-10H,1H3. The van der Waals surface area contributed by atoms with Crippen LogP contribution >= 0.6 is 0 Å². The summed E-state index contributed by atoms with van der Waals surface area (Å²) in [5, 5.41) is 5.54. The minimum atomic E-state index is 0.674. The quantitative estimate of drug-likeness (QED) is 0.641. The van der Waals surface area contributed by atoms with Crippen LogP contribution in [0.15, 0.2) is 48.5 Å². The van der Waals surface area contributed by atoms with Gasteiger partial charge in [-0.3, -0.25) is 9.48 Å². The second-order valence-corrected chi connectivity index (χ2v) is 4.23. The van der Waals surface area contributed by atoms with Gasteiger partial charge in [0, 0.05) is 23.6 Å². The summed E-state index contributed by atoms with van der Waals surface area (Å²) in [5.74, 6) is 0. The lowest BCUT2D eigenvalue weighted by molar-refractivity contribution is 0.112. The van der Waals surface area contributed by atoms with Crippen LogP contribution in [0.3, 0.4) is 0 Å². The van der Waals surface area contributed by atoms with Crippen molar-refractivity contribution in [2.75, 3.05) is 0 Å². The largest absolute Gasteiger partial charge is 0.298 e. The van der Waals surface area contributed by atoms with Gasteiger partial charge >= 0.3 is 0 Å². The average molecular weight is 236 g/mol. The van der Waals surface area contributed by atoms with E-state index in [4.69, 9.17) is 0 Å². The van der Waals surface area contributed by atoms with Crippen molar-refractivity contribution in [1.29, 1.82) is 0 Å².